The van der Waals surface area contributed by atoms with Gasteiger partial charge in [0.25, 0.3) is 0 Å². The molecule has 20 heavy (non-hydrogen) atoms. The fourth-order valence-corrected chi connectivity index (χ4v) is 2.86. The van der Waals surface area contributed by atoms with Crippen molar-refractivity contribution in [2.45, 2.75) is 6.92 Å². The second kappa shape index (κ2) is 4.90. The number of thiazole rings is 1. The number of carbonyl (C=O) groups is 1. The number of fused-ring (bicyclic) bond motifs is 1. The molecule has 0 saturated heterocycles. The van der Waals surface area contributed by atoms with Gasteiger partial charge < -0.3 is 5.11 Å². The number of imidazole rings is 1. The first-order valence-corrected chi connectivity index (χ1v) is 6.77. The fourth-order valence-electron chi connectivity index (χ4n) is 1.91. The number of aryl methyl sites for hydroxylation is 1. The standard InChI is InChI=1S/C14H11N3O2S/c1-9-12(6-7-13(18)19)20-14(16-9)17-8-15-10-4-2-3-5-11(10)17/h2-8H,1H3,(H,18,19)/b7-6+. The van der Waals surface area contributed by atoms with Crippen molar-refractivity contribution in [1.82, 2.24) is 14.5 Å². The van der Waals surface area contributed by atoms with Crippen molar-refractivity contribution in [3.63, 3.8) is 0 Å². The maximum Gasteiger partial charge on any atom is 0.328 e. The molecule has 0 aliphatic rings. The maximum absolute atomic E-state index is 10.6. The first-order valence-electron chi connectivity index (χ1n) is 5.96. The molecule has 0 spiro atoms. The zero-order valence-corrected chi connectivity index (χ0v) is 11.5. The van der Waals surface area contributed by atoms with Crippen LogP contribution in [0.5, 0.6) is 0 Å². The lowest BCUT2D eigenvalue weighted by Gasteiger charge is -1.97. The van der Waals surface area contributed by atoms with Crippen LogP contribution in [0.4, 0.5) is 0 Å². The van der Waals surface area contributed by atoms with Crippen molar-refractivity contribution in [2.75, 3.05) is 0 Å². The summed E-state index contributed by atoms with van der Waals surface area (Å²) in [4.78, 5) is 20.2. The molecular formula is C14H11N3O2S. The zero-order valence-electron chi connectivity index (χ0n) is 10.6. The Morgan fingerprint density at radius 2 is 2.20 bits per heavy atom. The Morgan fingerprint density at radius 3 is 3.00 bits per heavy atom. The van der Waals surface area contributed by atoms with Crippen LogP contribution in [0.15, 0.2) is 36.7 Å². The molecule has 5 nitrogen and oxygen atoms in total. The van der Waals surface area contributed by atoms with Crippen LogP contribution >= 0.6 is 11.3 Å². The van der Waals surface area contributed by atoms with Crippen LogP contribution < -0.4 is 0 Å². The van der Waals surface area contributed by atoms with Crippen LogP contribution in [0.2, 0.25) is 0 Å². The molecule has 1 N–H and O–H groups in total. The lowest BCUT2D eigenvalue weighted by Crippen LogP contribution is -1.90. The summed E-state index contributed by atoms with van der Waals surface area (Å²) in [5, 5.41) is 9.46. The van der Waals surface area contributed by atoms with E-state index in [2.05, 4.69) is 9.97 Å². The molecule has 0 aliphatic carbocycles. The minimum Gasteiger partial charge on any atom is -0.478 e. The molecular weight excluding hydrogens is 274 g/mol. The lowest BCUT2D eigenvalue weighted by molar-refractivity contribution is -0.131. The van der Waals surface area contributed by atoms with Gasteiger partial charge in [-0.2, -0.15) is 0 Å². The number of carboxylic acid groups (broad SMARTS) is 1. The van der Waals surface area contributed by atoms with E-state index < -0.39 is 5.97 Å². The number of benzene rings is 1. The second-order valence-electron chi connectivity index (χ2n) is 4.22. The Kier molecular flexibility index (Phi) is 3.08. The summed E-state index contributed by atoms with van der Waals surface area (Å²) in [7, 11) is 0. The van der Waals surface area contributed by atoms with Crippen molar-refractivity contribution in [3.8, 4) is 5.13 Å². The zero-order chi connectivity index (χ0) is 14.1. The van der Waals surface area contributed by atoms with Gasteiger partial charge in [0.15, 0.2) is 5.13 Å². The predicted octanol–water partition coefficient (Wildman–Crippen LogP) is 2.89. The van der Waals surface area contributed by atoms with E-state index >= 15 is 0 Å². The van der Waals surface area contributed by atoms with E-state index in [1.165, 1.54) is 11.3 Å². The average molecular weight is 285 g/mol. The quantitative estimate of drug-likeness (QED) is 0.751. The number of aromatic nitrogens is 3. The molecule has 0 saturated carbocycles. The monoisotopic (exact) mass is 285 g/mol. The van der Waals surface area contributed by atoms with Crippen molar-refractivity contribution < 1.29 is 9.90 Å². The van der Waals surface area contributed by atoms with Crippen molar-refractivity contribution in [3.05, 3.63) is 47.2 Å². The fraction of sp³-hybridized carbons (Fsp3) is 0.0714. The van der Waals surface area contributed by atoms with Gasteiger partial charge in [-0.25, -0.2) is 14.8 Å². The maximum atomic E-state index is 10.6. The van der Waals surface area contributed by atoms with Gasteiger partial charge in [0.05, 0.1) is 21.6 Å². The van der Waals surface area contributed by atoms with Crippen LogP contribution in [0.25, 0.3) is 22.2 Å². The summed E-state index contributed by atoms with van der Waals surface area (Å²) in [5.41, 5.74) is 2.69. The molecule has 2 heterocycles. The highest BCUT2D eigenvalue weighted by Crippen LogP contribution is 2.25. The highest BCUT2D eigenvalue weighted by molar-refractivity contribution is 7.15. The molecule has 100 valence electrons. The Bertz CT molecular complexity index is 817. The predicted molar refractivity (Wildman–Crippen MR) is 78.1 cm³/mol. The normalized spacial score (nSPS) is 11.4. The third-order valence-electron chi connectivity index (χ3n) is 2.86. The summed E-state index contributed by atoms with van der Waals surface area (Å²) >= 11 is 1.44. The second-order valence-corrected chi connectivity index (χ2v) is 5.23. The minimum atomic E-state index is -0.965. The van der Waals surface area contributed by atoms with Gasteiger partial charge in [-0.3, -0.25) is 4.57 Å². The molecule has 2 aromatic heterocycles. The summed E-state index contributed by atoms with van der Waals surface area (Å²) in [6.45, 7) is 1.86. The van der Waals surface area contributed by atoms with E-state index in [9.17, 15) is 4.79 Å². The molecule has 1 aromatic carbocycles. The van der Waals surface area contributed by atoms with E-state index in [1.807, 2.05) is 35.8 Å². The molecule has 6 heteroatoms. The van der Waals surface area contributed by atoms with Gasteiger partial charge in [0, 0.05) is 6.08 Å². The van der Waals surface area contributed by atoms with Crippen molar-refractivity contribution >= 4 is 34.4 Å². The molecule has 0 unspecified atom stereocenters. The van der Waals surface area contributed by atoms with E-state index in [0.717, 1.165) is 32.8 Å². The molecule has 0 amide bonds. The van der Waals surface area contributed by atoms with Crippen LogP contribution in [0.3, 0.4) is 0 Å². The summed E-state index contributed by atoms with van der Waals surface area (Å²) in [6, 6.07) is 7.81. The number of nitrogens with zero attached hydrogens (tertiary/aromatic N) is 3. The van der Waals surface area contributed by atoms with Crippen LogP contribution in [0, 0.1) is 6.92 Å². The van der Waals surface area contributed by atoms with Crippen molar-refractivity contribution in [1.29, 1.82) is 0 Å². The van der Waals surface area contributed by atoms with Gasteiger partial charge in [-0.15, -0.1) is 0 Å². The first kappa shape index (κ1) is 12.6. The number of aliphatic carboxylic acids is 1. The SMILES string of the molecule is Cc1nc(-n2cnc3ccccc32)sc1/C=C/C(=O)O. The summed E-state index contributed by atoms with van der Waals surface area (Å²) in [6.07, 6.45) is 4.42. The van der Waals surface area contributed by atoms with Crippen LogP contribution in [0.1, 0.15) is 10.6 Å². The molecule has 3 rings (SSSR count). The Balaban J connectivity index is 2.07. The highest BCUT2D eigenvalue weighted by atomic mass is 32.1. The number of rotatable bonds is 3. The van der Waals surface area contributed by atoms with Gasteiger partial charge in [0.2, 0.25) is 0 Å². The van der Waals surface area contributed by atoms with E-state index in [-0.39, 0.29) is 0 Å². The van der Waals surface area contributed by atoms with Gasteiger partial charge in [0.1, 0.15) is 6.33 Å². The topological polar surface area (TPSA) is 68.0 Å². The Morgan fingerprint density at radius 1 is 1.40 bits per heavy atom. The third kappa shape index (κ3) is 2.21. The Hall–Kier alpha value is -2.47. The smallest absolute Gasteiger partial charge is 0.328 e. The summed E-state index contributed by atoms with van der Waals surface area (Å²) < 4.78 is 1.91. The van der Waals surface area contributed by atoms with Crippen molar-refractivity contribution in [2.24, 2.45) is 0 Å². The van der Waals surface area contributed by atoms with Gasteiger partial charge in [-0.1, -0.05) is 23.5 Å². The molecule has 0 radical (unpaired) electrons. The number of carboxylic acids is 1. The molecule has 0 aliphatic heterocycles. The van der Waals surface area contributed by atoms with Crippen LogP contribution in [-0.2, 0) is 4.79 Å². The largest absolute Gasteiger partial charge is 0.478 e. The highest BCUT2D eigenvalue weighted by Gasteiger charge is 2.10. The number of para-hydroxylation sites is 2. The van der Waals surface area contributed by atoms with Crippen LogP contribution in [-0.4, -0.2) is 25.6 Å². The summed E-state index contributed by atoms with van der Waals surface area (Å²) in [5.74, 6) is -0.965. The average Bonchev–Trinajstić information content (AvgIpc) is 3.00. The van der Waals surface area contributed by atoms with Gasteiger partial charge in [-0.05, 0) is 25.1 Å². The first-order chi connectivity index (χ1) is 9.65. The van der Waals surface area contributed by atoms with E-state index in [4.69, 9.17) is 5.11 Å². The molecule has 0 bridgehead atoms. The van der Waals surface area contributed by atoms with E-state index in [1.54, 1.807) is 12.4 Å². The minimum absolute atomic E-state index is 0.779. The number of hydrogen-bond acceptors (Lipinski definition) is 4. The molecule has 0 fully saturated rings. The lowest BCUT2D eigenvalue weighted by atomic mass is 10.3. The third-order valence-corrected chi connectivity index (χ3v) is 3.98. The molecule has 0 atom stereocenters. The Labute approximate surface area is 118 Å². The van der Waals surface area contributed by atoms with Gasteiger partial charge >= 0.3 is 5.97 Å². The molecule has 3 aromatic rings. The number of hydrogen-bond donors (Lipinski definition) is 1. The van der Waals surface area contributed by atoms with E-state index in [0.29, 0.717) is 0 Å².